The molecule has 0 saturated carbocycles. The lowest BCUT2D eigenvalue weighted by molar-refractivity contribution is -0.143. The standard InChI is InChI=1S/C16H17ClN2O3/c1-10(2)15(16(20)21-3)11-6-4-5-7-12(11)22-14-8-13(17)18-9-19-14/h4-10,15H,1-3H3. The zero-order chi connectivity index (χ0) is 16.1. The molecule has 22 heavy (non-hydrogen) atoms. The Hall–Kier alpha value is -2.14. The number of nitrogens with zero attached hydrogens (tertiary/aromatic N) is 2. The van der Waals surface area contributed by atoms with Crippen LogP contribution >= 0.6 is 11.6 Å². The van der Waals surface area contributed by atoms with Gasteiger partial charge in [-0.3, -0.25) is 4.79 Å². The maximum atomic E-state index is 12.1. The molecule has 2 rings (SSSR count). The number of para-hydroxylation sites is 1. The minimum Gasteiger partial charge on any atom is -0.469 e. The predicted molar refractivity (Wildman–Crippen MR) is 83.2 cm³/mol. The minimum absolute atomic E-state index is 0.0613. The summed E-state index contributed by atoms with van der Waals surface area (Å²) in [5, 5.41) is 0.288. The van der Waals surface area contributed by atoms with E-state index in [0.29, 0.717) is 11.6 Å². The van der Waals surface area contributed by atoms with E-state index >= 15 is 0 Å². The van der Waals surface area contributed by atoms with E-state index in [4.69, 9.17) is 21.1 Å². The van der Waals surface area contributed by atoms with E-state index < -0.39 is 5.92 Å². The number of carbonyl (C=O) groups is 1. The van der Waals surface area contributed by atoms with Crippen molar-refractivity contribution in [2.45, 2.75) is 19.8 Å². The molecule has 1 heterocycles. The van der Waals surface area contributed by atoms with Crippen LogP contribution in [0.3, 0.4) is 0 Å². The number of carbonyl (C=O) groups excluding carboxylic acids is 1. The summed E-state index contributed by atoms with van der Waals surface area (Å²) in [6, 6.07) is 8.83. The van der Waals surface area contributed by atoms with Gasteiger partial charge in [-0.1, -0.05) is 43.6 Å². The SMILES string of the molecule is COC(=O)C(c1ccccc1Oc1cc(Cl)ncn1)C(C)C. The molecule has 5 nitrogen and oxygen atoms in total. The second kappa shape index (κ2) is 7.22. The Bertz CT molecular complexity index is 661. The summed E-state index contributed by atoms with van der Waals surface area (Å²) in [5.74, 6) is 0.206. The van der Waals surface area contributed by atoms with E-state index in [0.717, 1.165) is 5.56 Å². The topological polar surface area (TPSA) is 61.3 Å². The van der Waals surface area contributed by atoms with Gasteiger partial charge in [0.1, 0.15) is 17.2 Å². The molecule has 116 valence electrons. The molecule has 6 heteroatoms. The zero-order valence-corrected chi connectivity index (χ0v) is 13.4. The second-order valence-electron chi connectivity index (χ2n) is 5.06. The monoisotopic (exact) mass is 320 g/mol. The lowest BCUT2D eigenvalue weighted by Crippen LogP contribution is -2.20. The molecule has 1 unspecified atom stereocenters. The van der Waals surface area contributed by atoms with Crippen LogP contribution in [0.15, 0.2) is 36.7 Å². The van der Waals surface area contributed by atoms with Crippen molar-refractivity contribution in [3.05, 3.63) is 47.4 Å². The molecule has 1 aromatic heterocycles. The Morgan fingerprint density at radius 3 is 2.59 bits per heavy atom. The molecule has 0 fully saturated rings. The van der Waals surface area contributed by atoms with Gasteiger partial charge in [0.2, 0.25) is 5.88 Å². The summed E-state index contributed by atoms with van der Waals surface area (Å²) < 4.78 is 10.7. The van der Waals surface area contributed by atoms with Crippen molar-refractivity contribution in [2.24, 2.45) is 5.92 Å². The van der Waals surface area contributed by atoms with Gasteiger partial charge in [0.15, 0.2) is 0 Å². The van der Waals surface area contributed by atoms with Crippen molar-refractivity contribution in [1.29, 1.82) is 0 Å². The smallest absolute Gasteiger partial charge is 0.313 e. The van der Waals surface area contributed by atoms with Crippen LogP contribution in [-0.2, 0) is 9.53 Å². The molecule has 0 N–H and O–H groups in total. The van der Waals surface area contributed by atoms with Crippen LogP contribution < -0.4 is 4.74 Å². The highest BCUT2D eigenvalue weighted by Crippen LogP contribution is 2.35. The van der Waals surface area contributed by atoms with E-state index in [1.807, 2.05) is 32.0 Å². The maximum absolute atomic E-state index is 12.1. The molecule has 0 radical (unpaired) electrons. The first-order valence-corrected chi connectivity index (χ1v) is 7.23. The third kappa shape index (κ3) is 3.74. The predicted octanol–water partition coefficient (Wildman–Crippen LogP) is 3.83. The van der Waals surface area contributed by atoms with Gasteiger partial charge in [0.25, 0.3) is 0 Å². The summed E-state index contributed by atoms with van der Waals surface area (Å²) in [7, 11) is 1.38. The first-order chi connectivity index (χ1) is 10.5. The molecular weight excluding hydrogens is 304 g/mol. The molecule has 2 aromatic rings. The number of ether oxygens (including phenoxy) is 2. The van der Waals surface area contributed by atoms with Gasteiger partial charge in [-0.15, -0.1) is 0 Å². The summed E-state index contributed by atoms with van der Waals surface area (Å²) in [6.07, 6.45) is 1.32. The molecule has 0 saturated heterocycles. The van der Waals surface area contributed by atoms with Crippen LogP contribution in [0.2, 0.25) is 5.15 Å². The number of methoxy groups -OCH3 is 1. The van der Waals surface area contributed by atoms with E-state index in [-0.39, 0.29) is 17.0 Å². The third-order valence-electron chi connectivity index (χ3n) is 3.20. The number of aromatic nitrogens is 2. The molecule has 1 aromatic carbocycles. The zero-order valence-electron chi connectivity index (χ0n) is 12.6. The van der Waals surface area contributed by atoms with Gasteiger partial charge < -0.3 is 9.47 Å². The highest BCUT2D eigenvalue weighted by Gasteiger charge is 2.28. The number of hydrogen-bond acceptors (Lipinski definition) is 5. The molecule has 0 spiro atoms. The van der Waals surface area contributed by atoms with Crippen molar-refractivity contribution in [2.75, 3.05) is 7.11 Å². The number of rotatable bonds is 5. The van der Waals surface area contributed by atoms with Crippen LogP contribution in [0.4, 0.5) is 0 Å². The summed E-state index contributed by atoms with van der Waals surface area (Å²) >= 11 is 5.83. The fourth-order valence-corrected chi connectivity index (χ4v) is 2.34. The normalized spacial score (nSPS) is 12.0. The molecule has 0 aliphatic carbocycles. The molecular formula is C16H17ClN2O3. The third-order valence-corrected chi connectivity index (χ3v) is 3.41. The van der Waals surface area contributed by atoms with Gasteiger partial charge in [-0.25, -0.2) is 9.97 Å². The van der Waals surface area contributed by atoms with Crippen molar-refractivity contribution in [3.63, 3.8) is 0 Å². The Morgan fingerprint density at radius 1 is 1.23 bits per heavy atom. The van der Waals surface area contributed by atoms with Gasteiger partial charge >= 0.3 is 5.97 Å². The van der Waals surface area contributed by atoms with Crippen LogP contribution in [-0.4, -0.2) is 23.0 Å². The molecule has 1 atom stereocenters. The van der Waals surface area contributed by atoms with Crippen molar-refractivity contribution < 1.29 is 14.3 Å². The van der Waals surface area contributed by atoms with Crippen molar-refractivity contribution >= 4 is 17.6 Å². The Labute approximate surface area is 134 Å². The van der Waals surface area contributed by atoms with Crippen LogP contribution in [0, 0.1) is 5.92 Å². The molecule has 0 amide bonds. The van der Waals surface area contributed by atoms with Gasteiger partial charge in [0, 0.05) is 11.6 Å². The lowest BCUT2D eigenvalue weighted by atomic mass is 9.88. The maximum Gasteiger partial charge on any atom is 0.313 e. The summed E-state index contributed by atoms with van der Waals surface area (Å²) in [5.41, 5.74) is 0.749. The Morgan fingerprint density at radius 2 is 1.95 bits per heavy atom. The second-order valence-corrected chi connectivity index (χ2v) is 5.45. The Balaban J connectivity index is 2.39. The molecule has 0 aliphatic rings. The van der Waals surface area contributed by atoms with Crippen LogP contribution in [0.5, 0.6) is 11.6 Å². The van der Waals surface area contributed by atoms with Gasteiger partial charge in [-0.2, -0.15) is 0 Å². The number of benzene rings is 1. The number of hydrogen-bond donors (Lipinski definition) is 0. The fraction of sp³-hybridized carbons (Fsp3) is 0.312. The number of halogens is 1. The summed E-state index contributed by atoms with van der Waals surface area (Å²) in [6.45, 7) is 3.92. The van der Waals surface area contributed by atoms with Gasteiger partial charge in [0.05, 0.1) is 13.0 Å². The lowest BCUT2D eigenvalue weighted by Gasteiger charge is -2.21. The largest absolute Gasteiger partial charge is 0.469 e. The number of esters is 1. The summed E-state index contributed by atoms with van der Waals surface area (Å²) in [4.78, 5) is 19.9. The Kier molecular flexibility index (Phi) is 5.33. The molecule has 0 aliphatic heterocycles. The van der Waals surface area contributed by atoms with E-state index in [2.05, 4.69) is 9.97 Å². The van der Waals surface area contributed by atoms with Crippen molar-refractivity contribution in [1.82, 2.24) is 9.97 Å². The fourth-order valence-electron chi connectivity index (χ4n) is 2.20. The highest BCUT2D eigenvalue weighted by atomic mass is 35.5. The first-order valence-electron chi connectivity index (χ1n) is 6.85. The minimum atomic E-state index is -0.418. The highest BCUT2D eigenvalue weighted by molar-refractivity contribution is 6.29. The van der Waals surface area contributed by atoms with E-state index in [9.17, 15) is 4.79 Å². The van der Waals surface area contributed by atoms with E-state index in [1.165, 1.54) is 19.5 Å². The molecule has 0 bridgehead atoms. The van der Waals surface area contributed by atoms with Gasteiger partial charge in [-0.05, 0) is 12.0 Å². The average Bonchev–Trinajstić information content (AvgIpc) is 2.48. The average molecular weight is 321 g/mol. The van der Waals surface area contributed by atoms with Crippen molar-refractivity contribution in [3.8, 4) is 11.6 Å². The van der Waals surface area contributed by atoms with Crippen LogP contribution in [0.25, 0.3) is 0 Å². The first kappa shape index (κ1) is 16.2. The quantitative estimate of drug-likeness (QED) is 0.619. The van der Waals surface area contributed by atoms with E-state index in [1.54, 1.807) is 6.07 Å². The van der Waals surface area contributed by atoms with Crippen LogP contribution in [0.1, 0.15) is 25.3 Å².